The van der Waals surface area contributed by atoms with E-state index in [0.717, 1.165) is 0 Å². The van der Waals surface area contributed by atoms with Crippen molar-refractivity contribution in [2.45, 2.75) is 24.4 Å². The topological polar surface area (TPSA) is 87.0 Å². The van der Waals surface area contributed by atoms with E-state index < -0.39 is 24.1 Å². The Hall–Kier alpha value is -1.59. The Morgan fingerprint density at radius 1 is 1.44 bits per heavy atom. The molecule has 18 heavy (non-hydrogen) atoms. The monoisotopic (exact) mass is 252 g/mol. The number of carbonyl (C=O) groups is 1. The predicted octanol–water partition coefficient (Wildman–Crippen LogP) is 0.535. The average molecular weight is 252 g/mol. The third kappa shape index (κ3) is 2.07. The quantitative estimate of drug-likeness (QED) is 0.728. The van der Waals surface area contributed by atoms with Crippen molar-refractivity contribution in [1.29, 1.82) is 0 Å². The summed E-state index contributed by atoms with van der Waals surface area (Å²) in [6.45, 7) is -0.153. The van der Waals surface area contributed by atoms with E-state index in [1.165, 1.54) is 0 Å². The highest BCUT2D eigenvalue weighted by atomic mass is 16.5. The molecule has 0 aromatic heterocycles. The molecule has 1 aromatic carbocycles. The van der Waals surface area contributed by atoms with Gasteiger partial charge in [-0.05, 0) is 12.5 Å². The van der Waals surface area contributed by atoms with Crippen LogP contribution in [0.3, 0.4) is 0 Å². The lowest BCUT2D eigenvalue weighted by Gasteiger charge is -2.36. The van der Waals surface area contributed by atoms with Gasteiger partial charge in [-0.3, -0.25) is 4.79 Å². The first-order valence-corrected chi connectivity index (χ1v) is 5.85. The van der Waals surface area contributed by atoms with Crippen molar-refractivity contribution in [3.8, 4) is 5.75 Å². The summed E-state index contributed by atoms with van der Waals surface area (Å²) in [4.78, 5) is 11.6. The van der Waals surface area contributed by atoms with Gasteiger partial charge in [0.2, 0.25) is 0 Å². The Balaban J connectivity index is 2.46. The molecule has 0 bridgehead atoms. The molecule has 5 nitrogen and oxygen atoms in total. The second-order valence-electron chi connectivity index (χ2n) is 4.52. The van der Waals surface area contributed by atoms with E-state index in [1.54, 1.807) is 24.3 Å². The highest BCUT2D eigenvalue weighted by Gasteiger charge is 2.45. The average Bonchev–Trinajstić information content (AvgIpc) is 2.38. The van der Waals surface area contributed by atoms with Crippen LogP contribution in [0.15, 0.2) is 24.3 Å². The molecule has 5 heteroatoms. The van der Waals surface area contributed by atoms with Crippen molar-refractivity contribution in [2.75, 3.05) is 13.2 Å². The fourth-order valence-electron chi connectivity index (χ4n) is 2.45. The molecule has 0 radical (unpaired) electrons. The van der Waals surface area contributed by atoms with Gasteiger partial charge in [-0.1, -0.05) is 18.2 Å². The van der Waals surface area contributed by atoms with Crippen LogP contribution >= 0.6 is 0 Å². The van der Waals surface area contributed by atoms with Crippen LogP contribution in [0.1, 0.15) is 18.4 Å². The summed E-state index contributed by atoms with van der Waals surface area (Å²) in [5.41, 5.74) is -0.618. The van der Waals surface area contributed by atoms with Crippen LogP contribution in [-0.4, -0.2) is 40.6 Å². The zero-order chi connectivity index (χ0) is 13.2. The second-order valence-corrected chi connectivity index (χ2v) is 4.52. The molecule has 1 aliphatic heterocycles. The highest BCUT2D eigenvalue weighted by molar-refractivity contribution is 5.83. The normalized spacial score (nSPS) is 23.9. The van der Waals surface area contributed by atoms with Gasteiger partial charge in [0.1, 0.15) is 11.2 Å². The van der Waals surface area contributed by atoms with Gasteiger partial charge in [0.05, 0.1) is 19.3 Å². The zero-order valence-electron chi connectivity index (χ0n) is 9.87. The van der Waals surface area contributed by atoms with Gasteiger partial charge in [-0.25, -0.2) is 0 Å². The van der Waals surface area contributed by atoms with Crippen molar-refractivity contribution in [1.82, 2.24) is 0 Å². The first-order chi connectivity index (χ1) is 8.60. The van der Waals surface area contributed by atoms with Gasteiger partial charge >= 0.3 is 5.97 Å². The highest BCUT2D eigenvalue weighted by Crippen LogP contribution is 2.42. The number of para-hydroxylation sites is 1. The van der Waals surface area contributed by atoms with Gasteiger partial charge < -0.3 is 20.1 Å². The van der Waals surface area contributed by atoms with Crippen LogP contribution in [0.2, 0.25) is 0 Å². The zero-order valence-corrected chi connectivity index (χ0v) is 9.87. The van der Waals surface area contributed by atoms with Crippen LogP contribution in [0.5, 0.6) is 5.75 Å². The molecule has 1 aliphatic rings. The summed E-state index contributed by atoms with van der Waals surface area (Å²) >= 11 is 0. The van der Waals surface area contributed by atoms with E-state index in [0.29, 0.717) is 17.9 Å². The van der Waals surface area contributed by atoms with Crippen molar-refractivity contribution in [2.24, 2.45) is 0 Å². The summed E-state index contributed by atoms with van der Waals surface area (Å²) in [5.74, 6) is -0.456. The Morgan fingerprint density at radius 2 is 2.17 bits per heavy atom. The number of aliphatic hydroxyl groups excluding tert-OH is 2. The van der Waals surface area contributed by atoms with E-state index in [4.69, 9.17) is 9.84 Å². The minimum absolute atomic E-state index is 0.0147. The van der Waals surface area contributed by atoms with E-state index in [-0.39, 0.29) is 12.8 Å². The fourth-order valence-corrected chi connectivity index (χ4v) is 2.45. The van der Waals surface area contributed by atoms with Crippen LogP contribution in [0.25, 0.3) is 0 Å². The molecule has 0 saturated heterocycles. The molecule has 98 valence electrons. The molecular formula is C13H16O5. The standard InChI is InChI=1S/C13H16O5/c14-8-9(15)7-13(12(16)17)5-6-18-11-4-2-1-3-10(11)13/h1-4,9,14-15H,5-8H2,(H,16,17). The van der Waals surface area contributed by atoms with Gasteiger partial charge in [0.25, 0.3) is 0 Å². The van der Waals surface area contributed by atoms with Crippen LogP contribution in [-0.2, 0) is 10.2 Å². The molecular weight excluding hydrogens is 236 g/mol. The summed E-state index contributed by atoms with van der Waals surface area (Å²) in [6.07, 6.45) is -0.775. The number of carboxylic acids is 1. The smallest absolute Gasteiger partial charge is 0.314 e. The molecule has 0 fully saturated rings. The number of benzene rings is 1. The Kier molecular flexibility index (Phi) is 3.54. The maximum Gasteiger partial charge on any atom is 0.314 e. The summed E-state index contributed by atoms with van der Waals surface area (Å²) in [7, 11) is 0. The molecule has 2 rings (SSSR count). The van der Waals surface area contributed by atoms with E-state index in [9.17, 15) is 15.0 Å². The molecule has 3 N–H and O–H groups in total. The lowest BCUT2D eigenvalue weighted by molar-refractivity contribution is -0.147. The number of hydrogen-bond acceptors (Lipinski definition) is 4. The molecule has 2 unspecified atom stereocenters. The third-order valence-corrected chi connectivity index (χ3v) is 3.39. The van der Waals surface area contributed by atoms with E-state index in [1.807, 2.05) is 0 Å². The minimum atomic E-state index is -1.18. The number of carboxylic acid groups (broad SMARTS) is 1. The number of fused-ring (bicyclic) bond motifs is 1. The van der Waals surface area contributed by atoms with Crippen LogP contribution < -0.4 is 4.74 Å². The maximum atomic E-state index is 11.6. The van der Waals surface area contributed by atoms with Crippen molar-refractivity contribution < 1.29 is 24.9 Å². The Labute approximate surface area is 105 Å². The molecule has 1 aromatic rings. The summed E-state index contributed by atoms with van der Waals surface area (Å²) in [6, 6.07) is 6.94. The SMILES string of the molecule is O=C(O)C1(CC(O)CO)CCOc2ccccc21. The molecule has 0 amide bonds. The molecule has 0 saturated carbocycles. The van der Waals surface area contributed by atoms with Gasteiger partial charge in [-0.2, -0.15) is 0 Å². The number of aliphatic hydroxyl groups is 2. The lowest BCUT2D eigenvalue weighted by Crippen LogP contribution is -2.43. The minimum Gasteiger partial charge on any atom is -0.493 e. The van der Waals surface area contributed by atoms with Crippen molar-refractivity contribution in [3.05, 3.63) is 29.8 Å². The van der Waals surface area contributed by atoms with Gasteiger partial charge in [0.15, 0.2) is 0 Å². The Morgan fingerprint density at radius 3 is 2.83 bits per heavy atom. The van der Waals surface area contributed by atoms with Crippen LogP contribution in [0.4, 0.5) is 0 Å². The number of ether oxygens (including phenoxy) is 1. The van der Waals surface area contributed by atoms with Gasteiger partial charge in [0, 0.05) is 12.0 Å². The largest absolute Gasteiger partial charge is 0.493 e. The van der Waals surface area contributed by atoms with E-state index >= 15 is 0 Å². The predicted molar refractivity (Wildman–Crippen MR) is 63.6 cm³/mol. The Bertz CT molecular complexity index is 445. The summed E-state index contributed by atoms with van der Waals surface area (Å²) < 4.78 is 5.44. The fraction of sp³-hybridized carbons (Fsp3) is 0.462. The van der Waals surface area contributed by atoms with Crippen LogP contribution in [0, 0.1) is 0 Å². The van der Waals surface area contributed by atoms with Crippen molar-refractivity contribution >= 4 is 5.97 Å². The van der Waals surface area contributed by atoms with E-state index in [2.05, 4.69) is 0 Å². The maximum absolute atomic E-state index is 11.6. The van der Waals surface area contributed by atoms with Gasteiger partial charge in [-0.15, -0.1) is 0 Å². The third-order valence-electron chi connectivity index (χ3n) is 3.39. The second kappa shape index (κ2) is 4.96. The molecule has 0 spiro atoms. The molecule has 2 atom stereocenters. The number of aliphatic carboxylic acids is 1. The number of rotatable bonds is 4. The molecule has 0 aliphatic carbocycles. The first-order valence-electron chi connectivity index (χ1n) is 5.85. The first kappa shape index (κ1) is 12.9. The van der Waals surface area contributed by atoms with Crippen molar-refractivity contribution in [3.63, 3.8) is 0 Å². The lowest BCUT2D eigenvalue weighted by atomic mass is 9.72. The number of hydrogen-bond donors (Lipinski definition) is 3. The summed E-state index contributed by atoms with van der Waals surface area (Å²) in [5, 5.41) is 28.1. The molecule has 1 heterocycles.